The predicted molar refractivity (Wildman–Crippen MR) is 67.3 cm³/mol. The van der Waals surface area contributed by atoms with Crippen LogP contribution >= 0.6 is 0 Å². The second-order valence-electron chi connectivity index (χ2n) is 5.06. The van der Waals surface area contributed by atoms with Crippen LogP contribution in [0.5, 0.6) is 0 Å². The van der Waals surface area contributed by atoms with E-state index in [9.17, 15) is 4.79 Å². The van der Waals surface area contributed by atoms with Crippen LogP contribution in [0.4, 0.5) is 0 Å². The van der Waals surface area contributed by atoms with Gasteiger partial charge in [0.1, 0.15) is 0 Å². The molecule has 17 heavy (non-hydrogen) atoms. The zero-order chi connectivity index (χ0) is 12.9. The second-order valence-corrected chi connectivity index (χ2v) is 5.06. The lowest BCUT2D eigenvalue weighted by Crippen LogP contribution is -2.44. The number of nitrogens with zero attached hydrogens (tertiary/aromatic N) is 2. The Labute approximate surface area is 102 Å². The SMILES string of the molecule is CC(Cn1ccnc1)NC(=O)C(C)(C)CCN. The lowest BCUT2D eigenvalue weighted by atomic mass is 9.88. The van der Waals surface area contributed by atoms with Gasteiger partial charge in [-0.15, -0.1) is 0 Å². The molecule has 0 fully saturated rings. The van der Waals surface area contributed by atoms with Gasteiger partial charge >= 0.3 is 0 Å². The van der Waals surface area contributed by atoms with Gasteiger partial charge in [-0.1, -0.05) is 13.8 Å². The monoisotopic (exact) mass is 238 g/mol. The molecular weight excluding hydrogens is 216 g/mol. The summed E-state index contributed by atoms with van der Waals surface area (Å²) in [5.41, 5.74) is 5.10. The molecule has 3 N–H and O–H groups in total. The van der Waals surface area contributed by atoms with Crippen molar-refractivity contribution in [3.05, 3.63) is 18.7 Å². The Hall–Kier alpha value is -1.36. The summed E-state index contributed by atoms with van der Waals surface area (Å²) in [5.74, 6) is 0.0514. The first-order chi connectivity index (χ1) is 7.95. The van der Waals surface area contributed by atoms with Crippen LogP contribution in [0, 0.1) is 5.41 Å². The molecule has 1 rings (SSSR count). The largest absolute Gasteiger partial charge is 0.351 e. The van der Waals surface area contributed by atoms with Crippen molar-refractivity contribution in [2.75, 3.05) is 6.54 Å². The Bertz CT molecular complexity index is 345. The molecule has 0 aliphatic rings. The number of aromatic nitrogens is 2. The van der Waals surface area contributed by atoms with Gasteiger partial charge in [-0.2, -0.15) is 0 Å². The number of nitrogens with one attached hydrogen (secondary N) is 1. The molecular formula is C12H22N4O. The molecule has 5 nitrogen and oxygen atoms in total. The molecule has 0 spiro atoms. The first kappa shape index (κ1) is 13.7. The molecule has 0 aliphatic carbocycles. The van der Waals surface area contributed by atoms with E-state index >= 15 is 0 Å². The first-order valence-electron chi connectivity index (χ1n) is 5.92. The van der Waals surface area contributed by atoms with Crippen molar-refractivity contribution < 1.29 is 4.79 Å². The Morgan fingerprint density at radius 3 is 2.82 bits per heavy atom. The third-order valence-electron chi connectivity index (χ3n) is 2.81. The van der Waals surface area contributed by atoms with Crippen LogP contribution in [0.25, 0.3) is 0 Å². The standard InChI is InChI=1S/C12H22N4O/c1-10(8-16-7-6-14-9-16)15-11(17)12(2,3)4-5-13/h6-7,9-10H,4-5,8,13H2,1-3H3,(H,15,17). The van der Waals surface area contributed by atoms with E-state index in [4.69, 9.17) is 5.73 Å². The third kappa shape index (κ3) is 4.19. The minimum Gasteiger partial charge on any atom is -0.351 e. The van der Waals surface area contributed by atoms with E-state index in [-0.39, 0.29) is 11.9 Å². The molecule has 0 aliphatic heterocycles. The summed E-state index contributed by atoms with van der Waals surface area (Å²) >= 11 is 0. The highest BCUT2D eigenvalue weighted by Crippen LogP contribution is 2.19. The Morgan fingerprint density at radius 2 is 2.29 bits per heavy atom. The molecule has 1 aromatic heterocycles. The number of rotatable bonds is 6. The maximum absolute atomic E-state index is 12.0. The number of carbonyl (C=O) groups excluding carboxylic acids is 1. The third-order valence-corrected chi connectivity index (χ3v) is 2.81. The molecule has 5 heteroatoms. The summed E-state index contributed by atoms with van der Waals surface area (Å²) in [6.45, 7) is 7.06. The maximum atomic E-state index is 12.0. The molecule has 96 valence electrons. The second kappa shape index (κ2) is 5.82. The summed E-state index contributed by atoms with van der Waals surface area (Å²) in [5, 5.41) is 3.00. The Kier molecular flexibility index (Phi) is 4.69. The van der Waals surface area contributed by atoms with Crippen LogP contribution in [0.1, 0.15) is 27.2 Å². The van der Waals surface area contributed by atoms with Crippen LogP contribution in [-0.2, 0) is 11.3 Å². The van der Waals surface area contributed by atoms with Gasteiger partial charge in [0.15, 0.2) is 0 Å². The molecule has 0 saturated heterocycles. The van der Waals surface area contributed by atoms with Crippen molar-refractivity contribution >= 4 is 5.91 Å². The smallest absolute Gasteiger partial charge is 0.225 e. The zero-order valence-electron chi connectivity index (χ0n) is 10.8. The summed E-state index contributed by atoms with van der Waals surface area (Å²) in [6.07, 6.45) is 6.05. The van der Waals surface area contributed by atoms with Crippen molar-refractivity contribution in [3.63, 3.8) is 0 Å². The molecule has 1 aromatic rings. The average Bonchev–Trinajstić information content (AvgIpc) is 2.69. The van der Waals surface area contributed by atoms with E-state index in [1.54, 1.807) is 12.5 Å². The number of nitrogens with two attached hydrogens (primary N) is 1. The molecule has 0 radical (unpaired) electrons. The van der Waals surface area contributed by atoms with Gasteiger partial charge in [-0.25, -0.2) is 4.98 Å². The lowest BCUT2D eigenvalue weighted by molar-refractivity contribution is -0.130. The number of hydrogen-bond donors (Lipinski definition) is 2. The number of carbonyl (C=O) groups is 1. The summed E-state index contributed by atoms with van der Waals surface area (Å²) < 4.78 is 1.95. The topological polar surface area (TPSA) is 72.9 Å². The van der Waals surface area contributed by atoms with Gasteiger partial charge in [-0.05, 0) is 19.9 Å². The van der Waals surface area contributed by atoms with Crippen LogP contribution < -0.4 is 11.1 Å². The van der Waals surface area contributed by atoms with Gasteiger partial charge in [0, 0.05) is 30.4 Å². The fraction of sp³-hybridized carbons (Fsp3) is 0.667. The predicted octanol–water partition coefficient (Wildman–Crippen LogP) is 0.763. The Morgan fingerprint density at radius 1 is 1.59 bits per heavy atom. The summed E-state index contributed by atoms with van der Waals surface area (Å²) in [6, 6.07) is 0.0775. The molecule has 0 bridgehead atoms. The molecule has 0 aromatic carbocycles. The van der Waals surface area contributed by atoms with E-state index in [2.05, 4.69) is 10.3 Å². The van der Waals surface area contributed by atoms with Gasteiger partial charge < -0.3 is 15.6 Å². The molecule has 1 unspecified atom stereocenters. The van der Waals surface area contributed by atoms with Crippen molar-refractivity contribution in [2.24, 2.45) is 11.1 Å². The lowest BCUT2D eigenvalue weighted by Gasteiger charge is -2.25. The molecule has 1 atom stereocenters. The van der Waals surface area contributed by atoms with Gasteiger partial charge in [0.2, 0.25) is 5.91 Å². The Balaban J connectivity index is 2.45. The quantitative estimate of drug-likeness (QED) is 0.768. The van der Waals surface area contributed by atoms with E-state index < -0.39 is 5.41 Å². The van der Waals surface area contributed by atoms with Crippen molar-refractivity contribution in [2.45, 2.75) is 39.8 Å². The highest BCUT2D eigenvalue weighted by atomic mass is 16.2. The van der Waals surface area contributed by atoms with E-state index in [0.717, 1.165) is 6.54 Å². The normalized spacial score (nSPS) is 13.4. The van der Waals surface area contributed by atoms with Crippen LogP contribution in [0.2, 0.25) is 0 Å². The maximum Gasteiger partial charge on any atom is 0.225 e. The van der Waals surface area contributed by atoms with E-state index in [1.807, 2.05) is 31.5 Å². The van der Waals surface area contributed by atoms with E-state index in [0.29, 0.717) is 13.0 Å². The summed E-state index contributed by atoms with van der Waals surface area (Å²) in [7, 11) is 0. The molecule has 1 amide bonds. The number of imidazole rings is 1. The van der Waals surface area contributed by atoms with Gasteiger partial charge in [0.25, 0.3) is 0 Å². The number of hydrogen-bond acceptors (Lipinski definition) is 3. The molecule has 0 saturated carbocycles. The minimum absolute atomic E-state index is 0.0514. The highest BCUT2D eigenvalue weighted by molar-refractivity contribution is 5.82. The highest BCUT2D eigenvalue weighted by Gasteiger charge is 2.27. The minimum atomic E-state index is -0.405. The van der Waals surface area contributed by atoms with Crippen LogP contribution in [0.15, 0.2) is 18.7 Å². The fourth-order valence-electron chi connectivity index (χ4n) is 1.65. The van der Waals surface area contributed by atoms with Crippen molar-refractivity contribution in [3.8, 4) is 0 Å². The van der Waals surface area contributed by atoms with Crippen LogP contribution in [0.3, 0.4) is 0 Å². The van der Waals surface area contributed by atoms with Gasteiger partial charge in [0.05, 0.1) is 6.33 Å². The van der Waals surface area contributed by atoms with Crippen molar-refractivity contribution in [1.29, 1.82) is 0 Å². The fourth-order valence-corrected chi connectivity index (χ4v) is 1.65. The first-order valence-corrected chi connectivity index (χ1v) is 5.92. The average molecular weight is 238 g/mol. The zero-order valence-corrected chi connectivity index (χ0v) is 10.8. The van der Waals surface area contributed by atoms with Crippen LogP contribution in [-0.4, -0.2) is 28.0 Å². The van der Waals surface area contributed by atoms with Gasteiger partial charge in [-0.3, -0.25) is 4.79 Å². The summed E-state index contributed by atoms with van der Waals surface area (Å²) in [4.78, 5) is 16.0. The molecule has 1 heterocycles. The number of amides is 1. The van der Waals surface area contributed by atoms with Crippen molar-refractivity contribution in [1.82, 2.24) is 14.9 Å². The van der Waals surface area contributed by atoms with E-state index in [1.165, 1.54) is 0 Å².